The van der Waals surface area contributed by atoms with Crippen LogP contribution in [0.2, 0.25) is 0 Å². The molecule has 0 saturated carbocycles. The number of aryl methyl sites for hydroxylation is 2. The molecule has 0 unspecified atom stereocenters. The molecule has 1 N–H and O–H groups in total. The van der Waals surface area contributed by atoms with Gasteiger partial charge in [0, 0.05) is 32.8 Å². The fourth-order valence-corrected chi connectivity index (χ4v) is 8.45. The fourth-order valence-electron chi connectivity index (χ4n) is 8.45. The van der Waals surface area contributed by atoms with Crippen molar-refractivity contribution in [3.05, 3.63) is 126 Å². The molecule has 47 heavy (non-hydrogen) atoms. The van der Waals surface area contributed by atoms with Crippen molar-refractivity contribution in [3.63, 3.8) is 0 Å². The molecule has 4 nitrogen and oxygen atoms in total. The third-order valence-corrected chi connectivity index (χ3v) is 10.4. The molecule has 1 aliphatic rings. The van der Waals surface area contributed by atoms with Gasteiger partial charge in [-0.05, 0) is 83.5 Å². The number of nitrogens with zero attached hydrogens (tertiary/aromatic N) is 1. The van der Waals surface area contributed by atoms with Gasteiger partial charge in [0.1, 0.15) is 11.2 Å². The summed E-state index contributed by atoms with van der Waals surface area (Å²) in [6.45, 7) is 4.43. The Morgan fingerprint density at radius 1 is 0.617 bits per heavy atom. The van der Waals surface area contributed by atoms with Crippen LogP contribution >= 0.6 is 0 Å². The highest BCUT2D eigenvalue weighted by molar-refractivity contribution is 6.73. The van der Waals surface area contributed by atoms with Crippen molar-refractivity contribution >= 4 is 84.1 Å². The number of hydrogen-bond donors (Lipinski definition) is 1. The molecule has 0 spiro atoms. The minimum Gasteiger partial charge on any atom is -0.454 e. The predicted octanol–water partition coefficient (Wildman–Crippen LogP) is 9.56. The van der Waals surface area contributed by atoms with Crippen LogP contribution in [-0.2, 0) is 0 Å². The van der Waals surface area contributed by atoms with Crippen LogP contribution in [0.3, 0.4) is 0 Å². The molecular formula is C42H27BN2O2. The van der Waals surface area contributed by atoms with Crippen LogP contribution < -0.4 is 10.9 Å². The van der Waals surface area contributed by atoms with Gasteiger partial charge in [-0.25, -0.2) is 0 Å². The van der Waals surface area contributed by atoms with Gasteiger partial charge in [-0.2, -0.15) is 0 Å². The number of aromatic nitrogens is 2. The second kappa shape index (κ2) is 8.86. The Kier molecular flexibility index (Phi) is 4.77. The largest absolute Gasteiger partial charge is 0.454 e. The molecule has 0 amide bonds. The molecule has 5 heteroatoms. The second-order valence-corrected chi connectivity index (χ2v) is 13.0. The van der Waals surface area contributed by atoms with E-state index in [0.717, 1.165) is 56.9 Å². The molecule has 10 aromatic rings. The van der Waals surface area contributed by atoms with Gasteiger partial charge < -0.3 is 13.8 Å². The summed E-state index contributed by atoms with van der Waals surface area (Å²) in [6, 6.07) is 41.4. The summed E-state index contributed by atoms with van der Waals surface area (Å²) < 4.78 is 15.6. The average Bonchev–Trinajstić information content (AvgIpc) is 3.83. The van der Waals surface area contributed by atoms with Gasteiger partial charge in [0.05, 0.1) is 21.9 Å². The fraction of sp³-hybridized carbons (Fsp3) is 0.0476. The predicted molar refractivity (Wildman–Crippen MR) is 196 cm³/mol. The summed E-state index contributed by atoms with van der Waals surface area (Å²) in [4.78, 5) is 3.82. The molecule has 5 heterocycles. The van der Waals surface area contributed by atoms with Crippen molar-refractivity contribution < 1.29 is 8.83 Å². The van der Waals surface area contributed by atoms with Crippen LogP contribution in [0.5, 0.6) is 0 Å². The van der Waals surface area contributed by atoms with Gasteiger partial charge in [-0.1, -0.05) is 84.3 Å². The summed E-state index contributed by atoms with van der Waals surface area (Å²) in [5.74, 6) is 0. The van der Waals surface area contributed by atoms with Crippen LogP contribution in [0.25, 0.3) is 93.9 Å². The molecule has 4 aromatic heterocycles. The average molecular weight is 603 g/mol. The van der Waals surface area contributed by atoms with Gasteiger partial charge in [-0.15, -0.1) is 0 Å². The third-order valence-electron chi connectivity index (χ3n) is 10.4. The van der Waals surface area contributed by atoms with Gasteiger partial charge in [0.25, 0.3) is 0 Å². The molecule has 0 atom stereocenters. The number of benzene rings is 6. The van der Waals surface area contributed by atoms with Crippen LogP contribution in [0.1, 0.15) is 11.1 Å². The quantitative estimate of drug-likeness (QED) is 0.200. The summed E-state index contributed by atoms with van der Waals surface area (Å²) >= 11 is 0. The SMILES string of the molecule is Cc1cccc(C)c1-c1cc(-c2cccc3c2[nH]c2c4ccccc4oc32)c2c(c1)-n1c3oc4ccccc4c3c3cccc(c31)B2. The third kappa shape index (κ3) is 3.23. The zero-order chi connectivity index (χ0) is 31.0. The summed E-state index contributed by atoms with van der Waals surface area (Å²) in [5.41, 5.74) is 18.2. The monoisotopic (exact) mass is 602 g/mol. The molecule has 6 aromatic carbocycles. The topological polar surface area (TPSA) is 47.0 Å². The van der Waals surface area contributed by atoms with E-state index in [4.69, 9.17) is 8.83 Å². The lowest BCUT2D eigenvalue weighted by atomic mass is 9.58. The van der Waals surface area contributed by atoms with E-state index in [1.807, 2.05) is 12.1 Å². The minimum absolute atomic E-state index is 0.829. The van der Waals surface area contributed by atoms with E-state index in [1.54, 1.807) is 0 Å². The van der Waals surface area contributed by atoms with Crippen LogP contribution in [-0.4, -0.2) is 16.8 Å². The Hall–Kier alpha value is -5.94. The molecule has 0 aliphatic carbocycles. The Morgan fingerprint density at radius 3 is 2.17 bits per heavy atom. The zero-order valence-corrected chi connectivity index (χ0v) is 25.9. The van der Waals surface area contributed by atoms with Crippen LogP contribution in [0, 0.1) is 13.8 Å². The van der Waals surface area contributed by atoms with Crippen molar-refractivity contribution in [1.82, 2.24) is 9.55 Å². The number of hydrogen-bond acceptors (Lipinski definition) is 2. The first-order chi connectivity index (χ1) is 23.1. The van der Waals surface area contributed by atoms with E-state index < -0.39 is 0 Å². The maximum absolute atomic E-state index is 6.73. The van der Waals surface area contributed by atoms with Crippen molar-refractivity contribution in [3.8, 4) is 27.9 Å². The summed E-state index contributed by atoms with van der Waals surface area (Å²) in [5, 5.41) is 5.78. The molecule has 0 fully saturated rings. The second-order valence-electron chi connectivity index (χ2n) is 13.0. The van der Waals surface area contributed by atoms with E-state index in [1.165, 1.54) is 66.3 Å². The van der Waals surface area contributed by atoms with Gasteiger partial charge >= 0.3 is 0 Å². The molecular weight excluding hydrogens is 575 g/mol. The van der Waals surface area contributed by atoms with Gasteiger partial charge in [-0.3, -0.25) is 4.57 Å². The summed E-state index contributed by atoms with van der Waals surface area (Å²) in [6.07, 6.45) is 0. The highest BCUT2D eigenvalue weighted by Crippen LogP contribution is 2.43. The van der Waals surface area contributed by atoms with E-state index in [9.17, 15) is 0 Å². The van der Waals surface area contributed by atoms with Gasteiger partial charge in [0.15, 0.2) is 12.9 Å². The van der Waals surface area contributed by atoms with Crippen molar-refractivity contribution in [2.45, 2.75) is 13.8 Å². The zero-order valence-electron chi connectivity index (χ0n) is 25.9. The number of aromatic amines is 1. The maximum atomic E-state index is 6.73. The summed E-state index contributed by atoms with van der Waals surface area (Å²) in [7, 11) is 0.829. The smallest absolute Gasteiger partial charge is 0.213 e. The lowest BCUT2D eigenvalue weighted by molar-refractivity contribution is 0.646. The van der Waals surface area contributed by atoms with Crippen molar-refractivity contribution in [2.24, 2.45) is 0 Å². The molecule has 220 valence electrons. The van der Waals surface area contributed by atoms with Crippen molar-refractivity contribution in [1.29, 1.82) is 0 Å². The number of fused-ring (bicyclic) bond motifs is 12. The highest BCUT2D eigenvalue weighted by Gasteiger charge is 2.30. The Labute approximate surface area is 270 Å². The Morgan fingerprint density at radius 2 is 1.32 bits per heavy atom. The first-order valence-corrected chi connectivity index (χ1v) is 16.2. The molecule has 0 bridgehead atoms. The molecule has 0 saturated heterocycles. The first-order valence-electron chi connectivity index (χ1n) is 16.2. The maximum Gasteiger partial charge on any atom is 0.213 e. The lowest BCUT2D eigenvalue weighted by Crippen LogP contribution is -2.37. The Bertz CT molecular complexity index is 2950. The van der Waals surface area contributed by atoms with E-state index in [2.05, 4.69) is 127 Å². The first kappa shape index (κ1) is 25.3. The van der Waals surface area contributed by atoms with E-state index in [0.29, 0.717) is 0 Å². The normalized spacial score (nSPS) is 12.6. The number of furan rings is 2. The van der Waals surface area contributed by atoms with Crippen LogP contribution in [0.4, 0.5) is 0 Å². The highest BCUT2D eigenvalue weighted by atomic mass is 16.3. The molecule has 11 rings (SSSR count). The number of nitrogens with one attached hydrogen (secondary N) is 1. The van der Waals surface area contributed by atoms with Gasteiger partial charge in [0.2, 0.25) is 5.71 Å². The molecule has 1 aliphatic heterocycles. The lowest BCUT2D eigenvalue weighted by Gasteiger charge is -2.25. The minimum atomic E-state index is 0.829. The Balaban J connectivity index is 1.29. The number of rotatable bonds is 2. The van der Waals surface area contributed by atoms with E-state index >= 15 is 0 Å². The van der Waals surface area contributed by atoms with Crippen LogP contribution in [0.15, 0.2) is 124 Å². The standard InChI is InChI=1S/C42H27BN2O2/c1-22-10-7-11-23(2)35(22)24-20-30(25-14-8-16-29-38(25)44-39-27-13-4-6-19-34(27)46-41(29)39)37-32(21-24)45-40-28(15-9-17-31(40)43-37)36-26-12-3-5-18-33(26)47-42(36)45/h3-21,43-44H,1-2H3. The number of H-pyrrole nitrogens is 1. The number of para-hydroxylation sites is 4. The van der Waals surface area contributed by atoms with Crippen molar-refractivity contribution in [2.75, 3.05) is 0 Å². The molecule has 0 radical (unpaired) electrons. The van der Waals surface area contributed by atoms with E-state index in [-0.39, 0.29) is 0 Å².